The minimum Gasteiger partial charge on any atom is -0.352 e. The van der Waals surface area contributed by atoms with Crippen LogP contribution in [-0.2, 0) is 38.8 Å². The summed E-state index contributed by atoms with van der Waals surface area (Å²) >= 11 is 0. The molecule has 0 aliphatic heterocycles. The van der Waals surface area contributed by atoms with Gasteiger partial charge < -0.3 is 10.2 Å². The quantitative estimate of drug-likeness (QED) is 0.164. The number of nitrogens with zero attached hydrogens (tertiary/aromatic N) is 2. The Hall–Kier alpha value is -4.64. The predicted octanol–water partition coefficient (Wildman–Crippen LogP) is 7.07. The number of alkyl halides is 3. The summed E-state index contributed by atoms with van der Waals surface area (Å²) in [5.74, 6) is -1.19. The summed E-state index contributed by atoms with van der Waals surface area (Å²) in [6, 6.07) is 24.8. The highest BCUT2D eigenvalue weighted by Gasteiger charge is 2.36. The van der Waals surface area contributed by atoms with Crippen molar-refractivity contribution in [1.82, 2.24) is 10.2 Å². The molecule has 2 unspecified atom stereocenters. The van der Waals surface area contributed by atoms with Crippen molar-refractivity contribution in [2.45, 2.75) is 70.2 Å². The molecule has 0 aliphatic carbocycles. The van der Waals surface area contributed by atoms with E-state index < -0.39 is 46.2 Å². The number of nitrogens with one attached hydrogen (secondary N) is 1. The first-order chi connectivity index (χ1) is 22.7. The minimum atomic E-state index is -4.76. The van der Waals surface area contributed by atoms with Crippen molar-refractivity contribution in [2.24, 2.45) is 0 Å². The van der Waals surface area contributed by atoms with Crippen LogP contribution in [0.2, 0.25) is 0 Å². The lowest BCUT2D eigenvalue weighted by atomic mass is 10.0. The summed E-state index contributed by atoms with van der Waals surface area (Å²) in [4.78, 5) is 29.6. The predicted molar refractivity (Wildman–Crippen MR) is 181 cm³/mol. The molecule has 0 saturated carbocycles. The number of anilines is 1. The summed E-state index contributed by atoms with van der Waals surface area (Å²) in [5, 5.41) is 2.97. The number of sulfonamides is 1. The first kappa shape index (κ1) is 36.2. The normalized spacial score (nSPS) is 13.0. The van der Waals surface area contributed by atoms with E-state index in [0.29, 0.717) is 16.8 Å². The smallest absolute Gasteiger partial charge is 0.352 e. The van der Waals surface area contributed by atoms with Gasteiger partial charge in [0.15, 0.2) is 0 Å². The van der Waals surface area contributed by atoms with E-state index in [1.54, 1.807) is 25.1 Å². The van der Waals surface area contributed by atoms with Crippen LogP contribution in [0.5, 0.6) is 0 Å². The highest BCUT2D eigenvalue weighted by molar-refractivity contribution is 7.92. The van der Waals surface area contributed by atoms with Crippen molar-refractivity contribution in [3.05, 3.63) is 131 Å². The SMILES string of the molecule is CCC(C)NC(=O)C(Cc1ccccc1)N(Cc1ccccc1C)C(=O)CN(c1cccc(C(F)(F)F)c1)S(=O)(=O)c1ccc(C)cc1. The molecule has 0 spiro atoms. The number of carbonyl (C=O) groups excluding carboxylic acids is 2. The largest absolute Gasteiger partial charge is 0.416 e. The first-order valence-corrected chi connectivity index (χ1v) is 17.1. The molecule has 0 saturated heterocycles. The van der Waals surface area contributed by atoms with E-state index in [0.717, 1.165) is 34.4 Å². The second-order valence-electron chi connectivity index (χ2n) is 11.8. The van der Waals surface area contributed by atoms with Crippen LogP contribution in [0, 0.1) is 13.8 Å². The molecular weight excluding hydrogens is 639 g/mol. The molecule has 0 fully saturated rings. The van der Waals surface area contributed by atoms with Gasteiger partial charge >= 0.3 is 6.18 Å². The molecular formula is C37H40F3N3O4S. The molecule has 1 N–H and O–H groups in total. The molecule has 0 bridgehead atoms. The number of carbonyl (C=O) groups is 2. The summed E-state index contributed by atoms with van der Waals surface area (Å²) in [5.41, 5.74) is 1.72. The summed E-state index contributed by atoms with van der Waals surface area (Å²) in [7, 11) is -4.55. The van der Waals surface area contributed by atoms with Gasteiger partial charge in [0, 0.05) is 19.0 Å². The van der Waals surface area contributed by atoms with Crippen molar-refractivity contribution in [3.8, 4) is 0 Å². The molecule has 4 aromatic carbocycles. The number of hydrogen-bond donors (Lipinski definition) is 1. The molecule has 7 nitrogen and oxygen atoms in total. The van der Waals surface area contributed by atoms with E-state index in [1.807, 2.05) is 69.3 Å². The van der Waals surface area contributed by atoms with Gasteiger partial charge in [-0.2, -0.15) is 13.2 Å². The van der Waals surface area contributed by atoms with Crippen molar-refractivity contribution in [1.29, 1.82) is 0 Å². The molecule has 4 aromatic rings. The van der Waals surface area contributed by atoms with Crippen molar-refractivity contribution < 1.29 is 31.2 Å². The van der Waals surface area contributed by atoms with Crippen molar-refractivity contribution in [2.75, 3.05) is 10.8 Å². The van der Waals surface area contributed by atoms with Crippen LogP contribution < -0.4 is 9.62 Å². The average Bonchev–Trinajstić information content (AvgIpc) is 3.06. The third kappa shape index (κ3) is 9.03. The van der Waals surface area contributed by atoms with Crippen LogP contribution in [0.1, 0.15) is 48.1 Å². The maximum Gasteiger partial charge on any atom is 0.416 e. The Balaban J connectivity index is 1.86. The zero-order valence-electron chi connectivity index (χ0n) is 27.4. The highest BCUT2D eigenvalue weighted by Crippen LogP contribution is 2.33. The van der Waals surface area contributed by atoms with Crippen molar-refractivity contribution >= 4 is 27.5 Å². The van der Waals surface area contributed by atoms with Gasteiger partial charge in [-0.1, -0.05) is 85.3 Å². The molecule has 0 aliphatic rings. The number of rotatable bonds is 13. The monoisotopic (exact) mass is 679 g/mol. The summed E-state index contributed by atoms with van der Waals surface area (Å²) < 4.78 is 70.4. The van der Waals surface area contributed by atoms with Crippen LogP contribution in [0.4, 0.5) is 18.9 Å². The van der Waals surface area contributed by atoms with E-state index in [4.69, 9.17) is 0 Å². The maximum atomic E-state index is 14.6. The molecule has 4 rings (SSSR count). The molecule has 48 heavy (non-hydrogen) atoms. The zero-order valence-corrected chi connectivity index (χ0v) is 28.2. The first-order valence-electron chi connectivity index (χ1n) is 15.7. The Bertz CT molecular complexity index is 1810. The Morgan fingerprint density at radius 2 is 1.50 bits per heavy atom. The van der Waals surface area contributed by atoms with E-state index in [-0.39, 0.29) is 29.6 Å². The van der Waals surface area contributed by atoms with Gasteiger partial charge in [-0.3, -0.25) is 13.9 Å². The van der Waals surface area contributed by atoms with Gasteiger partial charge in [0.05, 0.1) is 16.1 Å². The van der Waals surface area contributed by atoms with Crippen LogP contribution in [0.25, 0.3) is 0 Å². The topological polar surface area (TPSA) is 86.8 Å². The highest BCUT2D eigenvalue weighted by atomic mass is 32.2. The van der Waals surface area contributed by atoms with E-state index in [1.165, 1.54) is 23.1 Å². The van der Waals surface area contributed by atoms with Crippen molar-refractivity contribution in [3.63, 3.8) is 0 Å². The second-order valence-corrected chi connectivity index (χ2v) is 13.7. The molecule has 11 heteroatoms. The lowest BCUT2D eigenvalue weighted by Crippen LogP contribution is -2.54. The standard InChI is InChI=1S/C37H40F3N3O4S/c1-5-28(4)41-36(45)34(22-29-13-7-6-8-14-29)42(24-30-15-10-9-12-27(30)3)35(44)25-43(32-17-11-16-31(23-32)37(38,39)40)48(46,47)33-20-18-26(2)19-21-33/h6-21,23,28,34H,5,22,24-25H2,1-4H3,(H,41,45). The minimum absolute atomic E-state index is 0.0437. The Kier molecular flexibility index (Phi) is 11.7. The lowest BCUT2D eigenvalue weighted by Gasteiger charge is -2.34. The Morgan fingerprint density at radius 3 is 2.12 bits per heavy atom. The Morgan fingerprint density at radius 1 is 0.854 bits per heavy atom. The average molecular weight is 680 g/mol. The van der Waals surface area contributed by atoms with E-state index >= 15 is 0 Å². The zero-order chi connectivity index (χ0) is 35.1. The second kappa shape index (κ2) is 15.5. The van der Waals surface area contributed by atoms with Gasteiger partial charge in [0.2, 0.25) is 11.8 Å². The van der Waals surface area contributed by atoms with Gasteiger partial charge in [-0.15, -0.1) is 0 Å². The van der Waals surface area contributed by atoms with Crippen LogP contribution in [-0.4, -0.2) is 43.8 Å². The van der Waals surface area contributed by atoms with Gasteiger partial charge in [0.25, 0.3) is 10.0 Å². The molecule has 0 radical (unpaired) electrons. The molecule has 2 amide bonds. The fraction of sp³-hybridized carbons (Fsp3) is 0.297. The van der Waals surface area contributed by atoms with Gasteiger partial charge in [-0.25, -0.2) is 8.42 Å². The molecule has 0 aromatic heterocycles. The molecule has 254 valence electrons. The fourth-order valence-corrected chi connectivity index (χ4v) is 6.58. The third-order valence-electron chi connectivity index (χ3n) is 8.22. The maximum absolute atomic E-state index is 14.6. The summed E-state index contributed by atoms with van der Waals surface area (Å²) in [6.07, 6.45) is -4.01. The number of aryl methyl sites for hydroxylation is 2. The van der Waals surface area contributed by atoms with Gasteiger partial charge in [0.1, 0.15) is 12.6 Å². The Labute approximate surface area is 280 Å². The van der Waals surface area contributed by atoms with Gasteiger partial charge in [-0.05, 0) is 74.2 Å². The molecule has 2 atom stereocenters. The number of benzene rings is 4. The lowest BCUT2D eigenvalue weighted by molar-refractivity contribution is -0.140. The number of hydrogen-bond acceptors (Lipinski definition) is 4. The van der Waals surface area contributed by atoms with Crippen LogP contribution >= 0.6 is 0 Å². The molecule has 0 heterocycles. The number of halogens is 3. The fourth-order valence-electron chi connectivity index (χ4n) is 5.17. The van der Waals surface area contributed by atoms with E-state index in [9.17, 15) is 31.2 Å². The van der Waals surface area contributed by atoms with Crippen LogP contribution in [0.15, 0.2) is 108 Å². The summed E-state index contributed by atoms with van der Waals surface area (Å²) in [6.45, 7) is 6.49. The van der Waals surface area contributed by atoms with E-state index in [2.05, 4.69) is 5.32 Å². The van der Waals surface area contributed by atoms with Crippen LogP contribution in [0.3, 0.4) is 0 Å². The number of amides is 2. The third-order valence-corrected chi connectivity index (χ3v) is 10.0.